The highest BCUT2D eigenvalue weighted by Gasteiger charge is 2.13. The third-order valence-electron chi connectivity index (χ3n) is 3.94. The van der Waals surface area contributed by atoms with Gasteiger partial charge in [0.25, 0.3) is 0 Å². The molecule has 1 aromatic carbocycles. The van der Waals surface area contributed by atoms with E-state index in [0.29, 0.717) is 12.0 Å². The molecule has 2 rings (SSSR count). The molecule has 1 fully saturated rings. The lowest BCUT2D eigenvalue weighted by Crippen LogP contribution is -2.27. The third kappa shape index (κ3) is 6.06. The van der Waals surface area contributed by atoms with Gasteiger partial charge in [0.1, 0.15) is 5.75 Å². The third-order valence-corrected chi connectivity index (χ3v) is 3.94. The Morgan fingerprint density at radius 3 is 3.00 bits per heavy atom. The highest BCUT2D eigenvalue weighted by atomic mass is 16.5. The van der Waals surface area contributed by atoms with Crippen LogP contribution in [0, 0.1) is 0 Å². The number of hydrogen-bond acceptors (Lipinski definition) is 3. The number of unbranched alkanes of at least 4 members (excludes halogenated alkanes) is 1. The van der Waals surface area contributed by atoms with Crippen molar-refractivity contribution in [1.29, 1.82) is 0 Å². The molecule has 0 spiro atoms. The van der Waals surface area contributed by atoms with Crippen LogP contribution < -0.4 is 10.1 Å². The van der Waals surface area contributed by atoms with E-state index in [0.717, 1.165) is 44.9 Å². The van der Waals surface area contributed by atoms with Gasteiger partial charge in [0, 0.05) is 13.2 Å². The molecule has 0 bridgehead atoms. The molecule has 1 atom stereocenters. The second-order valence-corrected chi connectivity index (χ2v) is 6.12. The molecule has 1 aliphatic rings. The van der Waals surface area contributed by atoms with Crippen molar-refractivity contribution in [2.75, 3.05) is 26.3 Å². The zero-order valence-electron chi connectivity index (χ0n) is 13.4. The standard InChI is InChI=1S/C18H29NO2/c1-15(2)16-7-5-8-17(13-16)20-11-4-3-10-19-14-18-9-6-12-21-18/h5,7-8,13,15,18-19H,3-4,6,9-12,14H2,1-2H3. The van der Waals surface area contributed by atoms with Gasteiger partial charge in [0.15, 0.2) is 0 Å². The molecule has 1 aromatic rings. The smallest absolute Gasteiger partial charge is 0.119 e. The molecule has 3 nitrogen and oxygen atoms in total. The van der Waals surface area contributed by atoms with E-state index in [1.165, 1.54) is 18.4 Å². The number of benzene rings is 1. The van der Waals surface area contributed by atoms with Crippen molar-refractivity contribution in [3.8, 4) is 5.75 Å². The summed E-state index contributed by atoms with van der Waals surface area (Å²) in [6.45, 7) is 8.20. The molecule has 1 aliphatic heterocycles. The van der Waals surface area contributed by atoms with Crippen molar-refractivity contribution in [2.45, 2.75) is 51.6 Å². The van der Waals surface area contributed by atoms with Gasteiger partial charge in [-0.25, -0.2) is 0 Å². The monoisotopic (exact) mass is 291 g/mol. The first-order valence-electron chi connectivity index (χ1n) is 8.31. The Kier molecular flexibility index (Phi) is 7.04. The SMILES string of the molecule is CC(C)c1cccc(OCCCCNCC2CCCO2)c1. The molecule has 0 aromatic heterocycles. The van der Waals surface area contributed by atoms with Crippen molar-refractivity contribution in [3.05, 3.63) is 29.8 Å². The Morgan fingerprint density at radius 2 is 2.24 bits per heavy atom. The summed E-state index contributed by atoms with van der Waals surface area (Å²) in [7, 11) is 0. The van der Waals surface area contributed by atoms with Crippen LogP contribution in [0.4, 0.5) is 0 Å². The zero-order chi connectivity index (χ0) is 14.9. The van der Waals surface area contributed by atoms with Gasteiger partial charge in [-0.1, -0.05) is 26.0 Å². The second kappa shape index (κ2) is 9.06. The second-order valence-electron chi connectivity index (χ2n) is 6.12. The normalized spacial score (nSPS) is 18.3. The van der Waals surface area contributed by atoms with Gasteiger partial charge in [0.2, 0.25) is 0 Å². The Morgan fingerprint density at radius 1 is 1.33 bits per heavy atom. The van der Waals surface area contributed by atoms with Crippen LogP contribution >= 0.6 is 0 Å². The first kappa shape index (κ1) is 16.3. The molecule has 0 aliphatic carbocycles. The van der Waals surface area contributed by atoms with Crippen molar-refractivity contribution in [1.82, 2.24) is 5.32 Å². The van der Waals surface area contributed by atoms with Crippen LogP contribution in [-0.4, -0.2) is 32.4 Å². The minimum Gasteiger partial charge on any atom is -0.494 e. The van der Waals surface area contributed by atoms with Crippen LogP contribution in [0.1, 0.15) is 51.0 Å². The van der Waals surface area contributed by atoms with E-state index < -0.39 is 0 Å². The summed E-state index contributed by atoms with van der Waals surface area (Å²) in [6, 6.07) is 8.43. The first-order valence-corrected chi connectivity index (χ1v) is 8.31. The van der Waals surface area contributed by atoms with E-state index in [1.807, 2.05) is 6.07 Å². The minimum absolute atomic E-state index is 0.444. The van der Waals surface area contributed by atoms with Gasteiger partial charge in [-0.05, 0) is 55.8 Å². The summed E-state index contributed by atoms with van der Waals surface area (Å²) in [4.78, 5) is 0. The lowest BCUT2D eigenvalue weighted by atomic mass is 10.0. The number of rotatable bonds is 9. The van der Waals surface area contributed by atoms with E-state index in [4.69, 9.17) is 9.47 Å². The minimum atomic E-state index is 0.444. The summed E-state index contributed by atoms with van der Waals surface area (Å²) in [5.41, 5.74) is 1.34. The number of hydrogen-bond donors (Lipinski definition) is 1. The molecule has 21 heavy (non-hydrogen) atoms. The molecule has 1 N–H and O–H groups in total. The predicted octanol–water partition coefficient (Wildman–Crippen LogP) is 3.74. The van der Waals surface area contributed by atoms with E-state index in [-0.39, 0.29) is 0 Å². The lowest BCUT2D eigenvalue weighted by molar-refractivity contribution is 0.110. The summed E-state index contributed by atoms with van der Waals surface area (Å²) in [5, 5.41) is 3.47. The Balaban J connectivity index is 1.52. The Bertz CT molecular complexity index is 400. The average Bonchev–Trinajstić information content (AvgIpc) is 3.00. The molecule has 118 valence electrons. The summed E-state index contributed by atoms with van der Waals surface area (Å²) in [5.74, 6) is 1.55. The van der Waals surface area contributed by atoms with E-state index in [1.54, 1.807) is 0 Å². The maximum Gasteiger partial charge on any atom is 0.119 e. The highest BCUT2D eigenvalue weighted by Crippen LogP contribution is 2.20. The highest BCUT2D eigenvalue weighted by molar-refractivity contribution is 5.30. The van der Waals surface area contributed by atoms with Gasteiger partial charge < -0.3 is 14.8 Å². The summed E-state index contributed by atoms with van der Waals surface area (Å²) >= 11 is 0. The van der Waals surface area contributed by atoms with Crippen LogP contribution in [0.25, 0.3) is 0 Å². The molecule has 1 saturated heterocycles. The largest absolute Gasteiger partial charge is 0.494 e. The average molecular weight is 291 g/mol. The van der Waals surface area contributed by atoms with Gasteiger partial charge in [-0.2, -0.15) is 0 Å². The van der Waals surface area contributed by atoms with Gasteiger partial charge in [0.05, 0.1) is 12.7 Å². The molecule has 0 amide bonds. The van der Waals surface area contributed by atoms with Crippen molar-refractivity contribution in [3.63, 3.8) is 0 Å². The van der Waals surface area contributed by atoms with Gasteiger partial charge in [-0.15, -0.1) is 0 Å². The van der Waals surface area contributed by atoms with E-state index in [9.17, 15) is 0 Å². The fraction of sp³-hybridized carbons (Fsp3) is 0.667. The zero-order valence-corrected chi connectivity index (χ0v) is 13.4. The van der Waals surface area contributed by atoms with E-state index in [2.05, 4.69) is 37.4 Å². The maximum absolute atomic E-state index is 5.82. The number of nitrogens with one attached hydrogen (secondary N) is 1. The van der Waals surface area contributed by atoms with Crippen LogP contribution in [0.2, 0.25) is 0 Å². The molecule has 0 radical (unpaired) electrons. The Labute approximate surface area is 129 Å². The number of ether oxygens (including phenoxy) is 2. The molecular weight excluding hydrogens is 262 g/mol. The van der Waals surface area contributed by atoms with Crippen LogP contribution in [-0.2, 0) is 4.74 Å². The molecule has 3 heteroatoms. The van der Waals surface area contributed by atoms with Crippen LogP contribution in [0.3, 0.4) is 0 Å². The van der Waals surface area contributed by atoms with Gasteiger partial charge >= 0.3 is 0 Å². The van der Waals surface area contributed by atoms with Gasteiger partial charge in [-0.3, -0.25) is 0 Å². The van der Waals surface area contributed by atoms with Crippen molar-refractivity contribution >= 4 is 0 Å². The molecule has 0 saturated carbocycles. The quantitative estimate of drug-likeness (QED) is 0.703. The van der Waals surface area contributed by atoms with Crippen LogP contribution in [0.15, 0.2) is 24.3 Å². The topological polar surface area (TPSA) is 30.5 Å². The van der Waals surface area contributed by atoms with Crippen molar-refractivity contribution in [2.24, 2.45) is 0 Å². The first-order chi connectivity index (χ1) is 10.3. The van der Waals surface area contributed by atoms with E-state index >= 15 is 0 Å². The molecule has 1 unspecified atom stereocenters. The molecular formula is C18H29NO2. The fourth-order valence-electron chi connectivity index (χ4n) is 2.57. The maximum atomic E-state index is 5.82. The van der Waals surface area contributed by atoms with Crippen LogP contribution in [0.5, 0.6) is 5.75 Å². The summed E-state index contributed by atoms with van der Waals surface area (Å²) in [6.07, 6.45) is 5.11. The summed E-state index contributed by atoms with van der Waals surface area (Å²) < 4.78 is 11.4. The molecule has 1 heterocycles. The van der Waals surface area contributed by atoms with Crippen molar-refractivity contribution < 1.29 is 9.47 Å². The predicted molar refractivity (Wildman–Crippen MR) is 87.1 cm³/mol. The Hall–Kier alpha value is -1.06. The lowest BCUT2D eigenvalue weighted by Gasteiger charge is -2.11. The fourth-order valence-corrected chi connectivity index (χ4v) is 2.57.